The third-order valence-corrected chi connectivity index (χ3v) is 10.1. The summed E-state index contributed by atoms with van der Waals surface area (Å²) in [5.74, 6) is 3.23. The standard InChI is InChI=1S/C29H55N8O3P/c1-22-20-36(21-23(2)37(22)15-16-41(38,39)40)28-17-27(30)34-29(35-28)33-19-25-11-9-24(10-12-25)18-31-13-6-14-32-26-7-4-3-5-8-26/h17,22-26,31-32H,3-16,18-21H2,1-2H3,(H2,38,39,40)(H3,30,33,34,35)/t22?,23?,24-,25-. The quantitative estimate of drug-likeness (QED) is 0.139. The summed E-state index contributed by atoms with van der Waals surface area (Å²) in [7, 11) is -4.01. The SMILES string of the molecule is CC1CN(c2cc(N)nc(NC[C@H]3CC[C@H](CNCCCNC4CCCCC4)CC3)n2)CC(C)N1CCP(=O)(O)O. The number of hydrogen-bond acceptors (Lipinski definition) is 9. The summed E-state index contributed by atoms with van der Waals surface area (Å²) in [5, 5.41) is 10.9. The maximum atomic E-state index is 11.4. The van der Waals surface area contributed by atoms with Gasteiger partial charge in [-0.25, -0.2) is 0 Å². The molecule has 41 heavy (non-hydrogen) atoms. The highest BCUT2D eigenvalue weighted by Crippen LogP contribution is 2.35. The molecular weight excluding hydrogens is 539 g/mol. The fourth-order valence-corrected chi connectivity index (χ4v) is 7.42. The molecule has 3 fully saturated rings. The number of hydrogen-bond donors (Lipinski definition) is 6. The number of rotatable bonds is 14. The van der Waals surface area contributed by atoms with Crippen LogP contribution in [0, 0.1) is 11.8 Å². The minimum Gasteiger partial charge on any atom is -0.383 e. The highest BCUT2D eigenvalue weighted by atomic mass is 31.2. The molecular formula is C29H55N8O3P. The first-order chi connectivity index (χ1) is 19.7. The lowest BCUT2D eigenvalue weighted by atomic mass is 9.82. The summed E-state index contributed by atoms with van der Waals surface area (Å²) in [6.45, 7) is 10.2. The highest BCUT2D eigenvalue weighted by molar-refractivity contribution is 7.51. The number of nitrogens with zero attached hydrogens (tertiary/aromatic N) is 4. The van der Waals surface area contributed by atoms with Gasteiger partial charge in [0.1, 0.15) is 11.6 Å². The molecule has 7 N–H and O–H groups in total. The fraction of sp³-hybridized carbons (Fsp3) is 0.862. The van der Waals surface area contributed by atoms with Crippen LogP contribution in [0.25, 0.3) is 0 Å². The van der Waals surface area contributed by atoms with E-state index >= 15 is 0 Å². The van der Waals surface area contributed by atoms with E-state index < -0.39 is 7.60 Å². The maximum Gasteiger partial charge on any atom is 0.326 e. The van der Waals surface area contributed by atoms with Crippen LogP contribution in [0.4, 0.5) is 17.6 Å². The molecule has 2 unspecified atom stereocenters. The summed E-state index contributed by atoms with van der Waals surface area (Å²) in [5.41, 5.74) is 6.17. The minimum atomic E-state index is -4.01. The highest BCUT2D eigenvalue weighted by Gasteiger charge is 2.31. The summed E-state index contributed by atoms with van der Waals surface area (Å²) in [6, 6.07) is 2.86. The molecule has 2 heterocycles. The molecule has 4 rings (SSSR count). The molecule has 0 amide bonds. The Labute approximate surface area is 247 Å². The fourth-order valence-electron chi connectivity index (χ4n) is 6.93. The molecule has 3 aliphatic rings. The third kappa shape index (κ3) is 10.9. The lowest BCUT2D eigenvalue weighted by molar-refractivity contribution is 0.138. The Morgan fingerprint density at radius 2 is 1.61 bits per heavy atom. The van der Waals surface area contributed by atoms with Crippen LogP contribution in [0.3, 0.4) is 0 Å². The number of piperazine rings is 1. The van der Waals surface area contributed by atoms with Crippen LogP contribution in [0.15, 0.2) is 6.07 Å². The zero-order chi connectivity index (χ0) is 29.2. The Hall–Kier alpha value is -1.49. The van der Waals surface area contributed by atoms with Gasteiger partial charge >= 0.3 is 7.60 Å². The zero-order valence-corrected chi connectivity index (χ0v) is 26.2. The average Bonchev–Trinajstić information content (AvgIpc) is 2.93. The summed E-state index contributed by atoms with van der Waals surface area (Å²) < 4.78 is 11.4. The molecule has 234 valence electrons. The molecule has 0 radical (unpaired) electrons. The predicted molar refractivity (Wildman–Crippen MR) is 167 cm³/mol. The molecule has 2 saturated carbocycles. The largest absolute Gasteiger partial charge is 0.383 e. The van der Waals surface area contributed by atoms with Crippen molar-refractivity contribution in [2.75, 3.05) is 67.9 Å². The molecule has 0 spiro atoms. The number of nitrogen functional groups attached to an aromatic ring is 1. The van der Waals surface area contributed by atoms with Crippen LogP contribution >= 0.6 is 7.60 Å². The van der Waals surface area contributed by atoms with Crippen molar-refractivity contribution in [2.45, 2.75) is 96.2 Å². The van der Waals surface area contributed by atoms with E-state index in [1.807, 2.05) is 6.07 Å². The maximum absolute atomic E-state index is 11.4. The first kappa shape index (κ1) is 32.4. The van der Waals surface area contributed by atoms with Gasteiger partial charge in [-0.1, -0.05) is 19.3 Å². The van der Waals surface area contributed by atoms with Gasteiger partial charge in [0.15, 0.2) is 0 Å². The smallest absolute Gasteiger partial charge is 0.326 e. The molecule has 11 nitrogen and oxygen atoms in total. The van der Waals surface area contributed by atoms with Crippen molar-refractivity contribution in [3.05, 3.63) is 6.07 Å². The first-order valence-corrected chi connectivity index (χ1v) is 17.8. The molecule has 1 aromatic rings. The number of nitrogens with two attached hydrogens (primary N) is 1. The summed E-state index contributed by atoms with van der Waals surface area (Å²) in [4.78, 5) is 32.2. The number of aromatic nitrogens is 2. The molecule has 12 heteroatoms. The van der Waals surface area contributed by atoms with Gasteiger partial charge < -0.3 is 36.4 Å². The van der Waals surface area contributed by atoms with Gasteiger partial charge in [0.2, 0.25) is 5.95 Å². The van der Waals surface area contributed by atoms with E-state index in [4.69, 9.17) is 10.7 Å². The van der Waals surface area contributed by atoms with E-state index in [0.717, 1.165) is 57.0 Å². The second kappa shape index (κ2) is 15.8. The lowest BCUT2D eigenvalue weighted by Crippen LogP contribution is -2.57. The minimum absolute atomic E-state index is 0.118. The normalized spacial score (nSPS) is 26.8. The average molecular weight is 595 g/mol. The van der Waals surface area contributed by atoms with Crippen LogP contribution in [0.1, 0.15) is 78.1 Å². The lowest BCUT2D eigenvalue weighted by Gasteiger charge is -2.45. The van der Waals surface area contributed by atoms with E-state index in [2.05, 4.69) is 44.6 Å². The van der Waals surface area contributed by atoms with Gasteiger partial charge in [0.05, 0.1) is 6.16 Å². The van der Waals surface area contributed by atoms with Crippen LogP contribution in [0.5, 0.6) is 0 Å². The third-order valence-electron chi connectivity index (χ3n) is 9.32. The Kier molecular flexibility index (Phi) is 12.5. The van der Waals surface area contributed by atoms with Crippen LogP contribution in [-0.4, -0.2) is 94.8 Å². The van der Waals surface area contributed by atoms with E-state index in [0.29, 0.717) is 24.2 Å². The van der Waals surface area contributed by atoms with Gasteiger partial charge in [0, 0.05) is 50.4 Å². The van der Waals surface area contributed by atoms with Crippen molar-refractivity contribution in [3.8, 4) is 0 Å². The van der Waals surface area contributed by atoms with E-state index in [-0.39, 0.29) is 18.2 Å². The monoisotopic (exact) mass is 594 g/mol. The van der Waals surface area contributed by atoms with E-state index in [1.165, 1.54) is 64.2 Å². The van der Waals surface area contributed by atoms with Gasteiger partial charge in [-0.05, 0) is 90.3 Å². The molecule has 2 aliphatic carbocycles. The van der Waals surface area contributed by atoms with Gasteiger partial charge in [-0.15, -0.1) is 0 Å². The predicted octanol–water partition coefficient (Wildman–Crippen LogP) is 3.26. The molecule has 1 aliphatic heterocycles. The van der Waals surface area contributed by atoms with Gasteiger partial charge in [-0.2, -0.15) is 9.97 Å². The topological polar surface area (TPSA) is 152 Å². The molecule has 2 atom stereocenters. The van der Waals surface area contributed by atoms with Crippen LogP contribution < -0.4 is 26.6 Å². The Bertz CT molecular complexity index is 955. The van der Waals surface area contributed by atoms with Crippen molar-refractivity contribution in [3.63, 3.8) is 0 Å². The zero-order valence-electron chi connectivity index (χ0n) is 25.3. The summed E-state index contributed by atoms with van der Waals surface area (Å²) >= 11 is 0. The summed E-state index contributed by atoms with van der Waals surface area (Å²) in [6.07, 6.45) is 13.0. The molecule has 0 bridgehead atoms. The van der Waals surface area contributed by atoms with Crippen LogP contribution in [-0.2, 0) is 4.57 Å². The Balaban J connectivity index is 1.14. The van der Waals surface area contributed by atoms with Crippen LogP contribution in [0.2, 0.25) is 0 Å². The van der Waals surface area contributed by atoms with Crippen molar-refractivity contribution in [1.29, 1.82) is 0 Å². The van der Waals surface area contributed by atoms with Crippen molar-refractivity contribution >= 4 is 25.2 Å². The van der Waals surface area contributed by atoms with Gasteiger partial charge in [0.25, 0.3) is 0 Å². The number of nitrogens with one attached hydrogen (secondary N) is 3. The molecule has 1 aromatic heterocycles. The van der Waals surface area contributed by atoms with Crippen molar-refractivity contribution in [2.24, 2.45) is 11.8 Å². The van der Waals surface area contributed by atoms with Crippen molar-refractivity contribution in [1.82, 2.24) is 25.5 Å². The first-order valence-electron chi connectivity index (χ1n) is 16.0. The van der Waals surface area contributed by atoms with Gasteiger partial charge in [-0.3, -0.25) is 9.46 Å². The molecule has 0 aromatic carbocycles. The van der Waals surface area contributed by atoms with E-state index in [1.54, 1.807) is 0 Å². The van der Waals surface area contributed by atoms with E-state index in [9.17, 15) is 14.4 Å². The second-order valence-electron chi connectivity index (χ2n) is 12.8. The van der Waals surface area contributed by atoms with Crippen molar-refractivity contribution < 1.29 is 14.4 Å². The second-order valence-corrected chi connectivity index (χ2v) is 14.6. The molecule has 1 saturated heterocycles. The Morgan fingerprint density at radius 3 is 2.27 bits per heavy atom. The number of anilines is 3. The Morgan fingerprint density at radius 1 is 0.951 bits per heavy atom.